The van der Waals surface area contributed by atoms with Gasteiger partial charge < -0.3 is 5.32 Å². The van der Waals surface area contributed by atoms with Crippen molar-refractivity contribution < 1.29 is 18.0 Å². The summed E-state index contributed by atoms with van der Waals surface area (Å²) in [6, 6.07) is 1.45. The van der Waals surface area contributed by atoms with Crippen LogP contribution in [0.5, 0.6) is 0 Å². The van der Waals surface area contributed by atoms with E-state index in [1.165, 1.54) is 12.8 Å². The number of carbonyl (C=O) groups is 1. The standard InChI is InChI=1S/C14H14F3NO/c15-10-5-8(6-11(16)12(10)17)13(19)18-7-14(3-4-14)9-1-2-9/h5-6,9H,1-4,7H2,(H,18,19). The maximum absolute atomic E-state index is 13.0. The van der Waals surface area contributed by atoms with Crippen molar-refractivity contribution in [3.8, 4) is 0 Å². The number of benzene rings is 1. The lowest BCUT2D eigenvalue weighted by atomic mass is 10.0. The summed E-state index contributed by atoms with van der Waals surface area (Å²) < 4.78 is 38.9. The average Bonchev–Trinajstić information content (AvgIpc) is 3.25. The van der Waals surface area contributed by atoms with Gasteiger partial charge in [0, 0.05) is 12.1 Å². The Balaban J connectivity index is 1.67. The van der Waals surface area contributed by atoms with Gasteiger partial charge in [-0.3, -0.25) is 4.79 Å². The molecule has 0 radical (unpaired) electrons. The van der Waals surface area contributed by atoms with Gasteiger partial charge in [-0.15, -0.1) is 0 Å². The van der Waals surface area contributed by atoms with Crippen LogP contribution >= 0.6 is 0 Å². The van der Waals surface area contributed by atoms with Gasteiger partial charge in [-0.05, 0) is 49.1 Å². The van der Waals surface area contributed by atoms with Crippen LogP contribution in [0, 0.1) is 28.8 Å². The van der Waals surface area contributed by atoms with Crippen molar-refractivity contribution >= 4 is 5.91 Å². The van der Waals surface area contributed by atoms with Gasteiger partial charge in [0.2, 0.25) is 0 Å². The SMILES string of the molecule is O=C(NCC1(C2CC2)CC1)c1cc(F)c(F)c(F)c1. The number of amides is 1. The fraction of sp³-hybridized carbons (Fsp3) is 0.500. The van der Waals surface area contributed by atoms with Gasteiger partial charge in [0.15, 0.2) is 17.5 Å². The van der Waals surface area contributed by atoms with Crippen LogP contribution in [-0.4, -0.2) is 12.5 Å². The van der Waals surface area contributed by atoms with Gasteiger partial charge in [0.25, 0.3) is 5.91 Å². The fourth-order valence-electron chi connectivity index (χ4n) is 2.63. The first kappa shape index (κ1) is 12.5. The molecule has 2 fully saturated rings. The summed E-state index contributed by atoms with van der Waals surface area (Å²) in [6.07, 6.45) is 4.61. The maximum atomic E-state index is 13.0. The summed E-state index contributed by atoms with van der Waals surface area (Å²) in [4.78, 5) is 11.8. The fourth-order valence-corrected chi connectivity index (χ4v) is 2.63. The molecule has 2 nitrogen and oxygen atoms in total. The molecule has 0 unspecified atom stereocenters. The maximum Gasteiger partial charge on any atom is 0.251 e. The number of nitrogens with one attached hydrogen (secondary N) is 1. The Morgan fingerprint density at radius 2 is 1.79 bits per heavy atom. The van der Waals surface area contributed by atoms with E-state index in [9.17, 15) is 18.0 Å². The molecule has 0 heterocycles. The number of hydrogen-bond donors (Lipinski definition) is 1. The lowest BCUT2D eigenvalue weighted by Gasteiger charge is -2.15. The molecule has 0 aliphatic heterocycles. The van der Waals surface area contributed by atoms with Crippen LogP contribution in [0.2, 0.25) is 0 Å². The van der Waals surface area contributed by atoms with E-state index in [0.29, 0.717) is 12.5 Å². The van der Waals surface area contributed by atoms with Gasteiger partial charge in [0.05, 0.1) is 0 Å². The van der Waals surface area contributed by atoms with E-state index in [4.69, 9.17) is 0 Å². The molecule has 0 spiro atoms. The molecule has 1 aromatic rings. The Hall–Kier alpha value is -1.52. The molecule has 102 valence electrons. The highest BCUT2D eigenvalue weighted by molar-refractivity contribution is 5.94. The van der Waals surface area contributed by atoms with Crippen molar-refractivity contribution in [3.63, 3.8) is 0 Å². The largest absolute Gasteiger partial charge is 0.351 e. The molecule has 19 heavy (non-hydrogen) atoms. The summed E-state index contributed by atoms with van der Waals surface area (Å²) in [6.45, 7) is 0.539. The Labute approximate surface area is 109 Å². The Bertz CT molecular complexity index is 512. The quantitative estimate of drug-likeness (QED) is 0.836. The van der Waals surface area contributed by atoms with E-state index in [-0.39, 0.29) is 11.0 Å². The topological polar surface area (TPSA) is 29.1 Å². The van der Waals surface area contributed by atoms with E-state index in [1.54, 1.807) is 0 Å². The summed E-state index contributed by atoms with van der Waals surface area (Å²) >= 11 is 0. The number of halogens is 3. The van der Waals surface area contributed by atoms with Gasteiger partial charge in [-0.25, -0.2) is 13.2 Å². The summed E-state index contributed by atoms with van der Waals surface area (Å²) in [7, 11) is 0. The Kier molecular flexibility index (Phi) is 2.80. The van der Waals surface area contributed by atoms with E-state index >= 15 is 0 Å². The first-order valence-corrected chi connectivity index (χ1v) is 6.45. The van der Waals surface area contributed by atoms with Crippen LogP contribution in [0.3, 0.4) is 0 Å². The molecule has 2 aliphatic carbocycles. The van der Waals surface area contributed by atoms with E-state index in [1.807, 2.05) is 0 Å². The third-order valence-electron chi connectivity index (χ3n) is 4.18. The van der Waals surface area contributed by atoms with Gasteiger partial charge in [-0.2, -0.15) is 0 Å². The molecule has 5 heteroatoms. The van der Waals surface area contributed by atoms with Crippen LogP contribution in [0.4, 0.5) is 13.2 Å². The van der Waals surface area contributed by atoms with Crippen LogP contribution in [0.25, 0.3) is 0 Å². The van der Waals surface area contributed by atoms with E-state index < -0.39 is 23.4 Å². The van der Waals surface area contributed by atoms with E-state index in [0.717, 1.165) is 25.0 Å². The summed E-state index contributed by atoms with van der Waals surface area (Å²) in [5.74, 6) is -4.09. The Morgan fingerprint density at radius 1 is 1.21 bits per heavy atom. The van der Waals surface area contributed by atoms with Crippen molar-refractivity contribution in [2.24, 2.45) is 11.3 Å². The predicted octanol–water partition coefficient (Wildman–Crippen LogP) is 3.02. The molecular weight excluding hydrogens is 255 g/mol. The zero-order chi connectivity index (χ0) is 13.6. The molecule has 3 rings (SSSR count). The van der Waals surface area contributed by atoms with Gasteiger partial charge in [0.1, 0.15) is 0 Å². The second kappa shape index (κ2) is 4.25. The van der Waals surface area contributed by atoms with E-state index in [2.05, 4.69) is 5.32 Å². The normalized spacial score (nSPS) is 20.2. The first-order valence-electron chi connectivity index (χ1n) is 6.45. The molecule has 1 amide bonds. The summed E-state index contributed by atoms with van der Waals surface area (Å²) in [5, 5.41) is 2.70. The first-order chi connectivity index (χ1) is 9.02. The van der Waals surface area contributed by atoms with Crippen molar-refractivity contribution in [2.45, 2.75) is 25.7 Å². The number of carbonyl (C=O) groups excluding carboxylic acids is 1. The molecule has 0 aromatic heterocycles. The Morgan fingerprint density at radius 3 is 2.26 bits per heavy atom. The minimum atomic E-state index is -1.55. The lowest BCUT2D eigenvalue weighted by molar-refractivity contribution is 0.0941. The van der Waals surface area contributed by atoms with Crippen LogP contribution in [0.15, 0.2) is 12.1 Å². The van der Waals surface area contributed by atoms with Crippen molar-refractivity contribution in [1.82, 2.24) is 5.32 Å². The third-order valence-corrected chi connectivity index (χ3v) is 4.18. The molecule has 0 saturated heterocycles. The van der Waals surface area contributed by atoms with Crippen LogP contribution in [-0.2, 0) is 0 Å². The van der Waals surface area contributed by atoms with Crippen LogP contribution < -0.4 is 5.32 Å². The predicted molar refractivity (Wildman–Crippen MR) is 63.0 cm³/mol. The molecule has 2 saturated carbocycles. The zero-order valence-electron chi connectivity index (χ0n) is 10.3. The number of rotatable bonds is 4. The van der Waals surface area contributed by atoms with Gasteiger partial charge >= 0.3 is 0 Å². The zero-order valence-corrected chi connectivity index (χ0v) is 10.3. The highest BCUT2D eigenvalue weighted by atomic mass is 19.2. The molecule has 1 N–H and O–H groups in total. The van der Waals surface area contributed by atoms with Crippen LogP contribution in [0.1, 0.15) is 36.0 Å². The minimum Gasteiger partial charge on any atom is -0.351 e. The monoisotopic (exact) mass is 269 g/mol. The third kappa shape index (κ3) is 2.33. The second-order valence-electron chi connectivity index (χ2n) is 5.57. The molecule has 0 bridgehead atoms. The summed E-state index contributed by atoms with van der Waals surface area (Å²) in [5.41, 5.74) is 0.0373. The molecule has 2 aliphatic rings. The minimum absolute atomic E-state index is 0.178. The highest BCUT2D eigenvalue weighted by Crippen LogP contribution is 2.60. The van der Waals surface area contributed by atoms with Gasteiger partial charge in [-0.1, -0.05) is 0 Å². The molecule has 1 aromatic carbocycles. The lowest BCUT2D eigenvalue weighted by Crippen LogP contribution is -2.31. The van der Waals surface area contributed by atoms with Crippen molar-refractivity contribution in [1.29, 1.82) is 0 Å². The van der Waals surface area contributed by atoms with Crippen molar-refractivity contribution in [2.75, 3.05) is 6.54 Å². The average molecular weight is 269 g/mol. The molecule has 0 atom stereocenters. The molecular formula is C14H14F3NO. The van der Waals surface area contributed by atoms with Crippen molar-refractivity contribution in [3.05, 3.63) is 35.1 Å². The highest BCUT2D eigenvalue weighted by Gasteiger charge is 2.53. The number of hydrogen-bond acceptors (Lipinski definition) is 1. The second-order valence-corrected chi connectivity index (χ2v) is 5.57. The smallest absolute Gasteiger partial charge is 0.251 e.